The van der Waals surface area contributed by atoms with Crippen LogP contribution in [-0.4, -0.2) is 16.0 Å². The number of carbonyl (C=O) groups is 1. The number of nitrogens with one attached hydrogen (secondary N) is 1. The zero-order valence-electron chi connectivity index (χ0n) is 14.7. The summed E-state index contributed by atoms with van der Waals surface area (Å²) in [6.07, 6.45) is 1.94. The normalized spacial score (nSPS) is 13.4. The van der Waals surface area contributed by atoms with Crippen LogP contribution in [0, 0.1) is 5.92 Å². The fourth-order valence-electron chi connectivity index (χ4n) is 2.62. The standard InChI is InChI=1S/C20H20N4O3/c21-11-13-4-6-14(7-5-13)19-23-18(27-24-19)12-26-17-3-1-2-16(10-17)22-20(25)15-8-9-15/h1-7,10,15H,8-9,11-12,21H2,(H,22,25). The molecule has 1 amide bonds. The molecule has 0 spiro atoms. The minimum absolute atomic E-state index is 0.0642. The summed E-state index contributed by atoms with van der Waals surface area (Å²) in [5.41, 5.74) is 8.22. The van der Waals surface area contributed by atoms with E-state index in [4.69, 9.17) is 15.0 Å². The van der Waals surface area contributed by atoms with Crippen molar-refractivity contribution in [3.05, 3.63) is 60.0 Å². The predicted molar refractivity (Wildman–Crippen MR) is 99.8 cm³/mol. The minimum atomic E-state index is 0.0642. The number of anilines is 1. The van der Waals surface area contributed by atoms with Crippen molar-refractivity contribution in [1.29, 1.82) is 0 Å². The van der Waals surface area contributed by atoms with Gasteiger partial charge in [-0.15, -0.1) is 0 Å². The lowest BCUT2D eigenvalue weighted by Crippen LogP contribution is -2.13. The van der Waals surface area contributed by atoms with Gasteiger partial charge in [-0.2, -0.15) is 4.98 Å². The number of benzene rings is 2. The largest absolute Gasteiger partial charge is 0.484 e. The number of rotatable bonds is 7. The molecule has 0 atom stereocenters. The molecule has 1 aliphatic rings. The van der Waals surface area contributed by atoms with Gasteiger partial charge in [-0.1, -0.05) is 35.5 Å². The van der Waals surface area contributed by atoms with Crippen LogP contribution >= 0.6 is 0 Å². The highest BCUT2D eigenvalue weighted by Crippen LogP contribution is 2.30. The van der Waals surface area contributed by atoms with Crippen molar-refractivity contribution in [2.45, 2.75) is 26.0 Å². The van der Waals surface area contributed by atoms with Gasteiger partial charge < -0.3 is 20.3 Å². The van der Waals surface area contributed by atoms with Crippen molar-refractivity contribution in [2.24, 2.45) is 11.7 Å². The molecule has 7 nitrogen and oxygen atoms in total. The van der Waals surface area contributed by atoms with E-state index in [1.165, 1.54) is 0 Å². The fraction of sp³-hybridized carbons (Fsp3) is 0.250. The van der Waals surface area contributed by atoms with Gasteiger partial charge in [0.25, 0.3) is 5.89 Å². The smallest absolute Gasteiger partial charge is 0.264 e. The lowest BCUT2D eigenvalue weighted by Gasteiger charge is -2.07. The molecule has 2 aromatic carbocycles. The first kappa shape index (κ1) is 17.2. The molecule has 3 aromatic rings. The Bertz CT molecular complexity index is 932. The number of hydrogen-bond acceptors (Lipinski definition) is 6. The van der Waals surface area contributed by atoms with E-state index >= 15 is 0 Å². The van der Waals surface area contributed by atoms with Crippen molar-refractivity contribution >= 4 is 11.6 Å². The molecule has 0 unspecified atom stereocenters. The molecule has 1 aromatic heterocycles. The molecule has 1 saturated carbocycles. The van der Waals surface area contributed by atoms with Crippen LogP contribution in [0.1, 0.15) is 24.3 Å². The third-order valence-electron chi connectivity index (χ3n) is 4.33. The second kappa shape index (κ2) is 7.59. The summed E-state index contributed by atoms with van der Waals surface area (Å²) >= 11 is 0. The van der Waals surface area contributed by atoms with Crippen molar-refractivity contribution < 1.29 is 14.1 Å². The van der Waals surface area contributed by atoms with E-state index in [0.717, 1.165) is 29.7 Å². The third kappa shape index (κ3) is 4.32. The van der Waals surface area contributed by atoms with Crippen LogP contribution in [0.4, 0.5) is 5.69 Å². The van der Waals surface area contributed by atoms with Crippen LogP contribution in [0.2, 0.25) is 0 Å². The Balaban J connectivity index is 1.37. The Kier molecular flexibility index (Phi) is 4.84. The second-order valence-corrected chi connectivity index (χ2v) is 6.49. The highest BCUT2D eigenvalue weighted by atomic mass is 16.5. The Hall–Kier alpha value is -3.19. The highest BCUT2D eigenvalue weighted by molar-refractivity contribution is 5.94. The Labute approximate surface area is 156 Å². The molecule has 0 radical (unpaired) electrons. The Morgan fingerprint density at radius 2 is 2.04 bits per heavy atom. The molecule has 1 aliphatic carbocycles. The van der Waals surface area contributed by atoms with Crippen LogP contribution in [0.25, 0.3) is 11.4 Å². The van der Waals surface area contributed by atoms with E-state index in [-0.39, 0.29) is 18.4 Å². The summed E-state index contributed by atoms with van der Waals surface area (Å²) in [7, 11) is 0. The zero-order chi connectivity index (χ0) is 18.6. The summed E-state index contributed by atoms with van der Waals surface area (Å²) in [6, 6.07) is 14.9. The molecule has 0 aliphatic heterocycles. The van der Waals surface area contributed by atoms with Crippen molar-refractivity contribution in [1.82, 2.24) is 10.1 Å². The first-order chi connectivity index (χ1) is 13.2. The molecular formula is C20H20N4O3. The van der Waals surface area contributed by atoms with Gasteiger partial charge in [0, 0.05) is 29.8 Å². The van der Waals surface area contributed by atoms with Gasteiger partial charge in [0.1, 0.15) is 5.75 Å². The van der Waals surface area contributed by atoms with Crippen molar-refractivity contribution in [2.75, 3.05) is 5.32 Å². The third-order valence-corrected chi connectivity index (χ3v) is 4.33. The highest BCUT2D eigenvalue weighted by Gasteiger charge is 2.29. The predicted octanol–water partition coefficient (Wildman–Crippen LogP) is 3.12. The van der Waals surface area contributed by atoms with E-state index < -0.39 is 0 Å². The molecule has 0 bridgehead atoms. The summed E-state index contributed by atoms with van der Waals surface area (Å²) in [4.78, 5) is 16.2. The van der Waals surface area contributed by atoms with Gasteiger partial charge >= 0.3 is 0 Å². The fourth-order valence-corrected chi connectivity index (χ4v) is 2.62. The van der Waals surface area contributed by atoms with Gasteiger partial charge in [0.2, 0.25) is 11.7 Å². The maximum absolute atomic E-state index is 11.9. The van der Waals surface area contributed by atoms with Crippen LogP contribution in [0.15, 0.2) is 53.1 Å². The summed E-state index contributed by atoms with van der Waals surface area (Å²) < 4.78 is 11.0. The molecule has 7 heteroatoms. The van der Waals surface area contributed by atoms with Crippen molar-refractivity contribution in [3.8, 4) is 17.1 Å². The van der Waals surface area contributed by atoms with E-state index in [9.17, 15) is 4.79 Å². The monoisotopic (exact) mass is 364 g/mol. The average molecular weight is 364 g/mol. The van der Waals surface area contributed by atoms with Gasteiger partial charge in [0.15, 0.2) is 6.61 Å². The lowest BCUT2D eigenvalue weighted by molar-refractivity contribution is -0.117. The number of nitrogens with zero attached hydrogens (tertiary/aromatic N) is 2. The van der Waals surface area contributed by atoms with Crippen LogP contribution in [0.3, 0.4) is 0 Å². The van der Waals surface area contributed by atoms with Gasteiger partial charge in [0.05, 0.1) is 0 Å². The average Bonchev–Trinajstić information content (AvgIpc) is 3.45. The number of hydrogen-bond donors (Lipinski definition) is 2. The molecule has 3 N–H and O–H groups in total. The number of nitrogens with two attached hydrogens (primary N) is 1. The van der Waals surface area contributed by atoms with Crippen LogP contribution in [0.5, 0.6) is 5.75 Å². The first-order valence-electron chi connectivity index (χ1n) is 8.87. The number of aromatic nitrogens is 2. The van der Waals surface area contributed by atoms with E-state index in [2.05, 4.69) is 15.5 Å². The van der Waals surface area contributed by atoms with Gasteiger partial charge in [-0.05, 0) is 30.5 Å². The van der Waals surface area contributed by atoms with E-state index in [0.29, 0.717) is 24.0 Å². The maximum Gasteiger partial charge on any atom is 0.264 e. The maximum atomic E-state index is 11.9. The van der Waals surface area contributed by atoms with E-state index in [1.807, 2.05) is 42.5 Å². The summed E-state index contributed by atoms with van der Waals surface area (Å²) in [5, 5.41) is 6.88. The van der Waals surface area contributed by atoms with Gasteiger partial charge in [-0.25, -0.2) is 0 Å². The summed E-state index contributed by atoms with van der Waals surface area (Å²) in [6.45, 7) is 0.639. The first-order valence-corrected chi connectivity index (χ1v) is 8.87. The number of ether oxygens (including phenoxy) is 1. The Morgan fingerprint density at radius 3 is 2.78 bits per heavy atom. The Morgan fingerprint density at radius 1 is 1.22 bits per heavy atom. The number of carbonyl (C=O) groups excluding carboxylic acids is 1. The van der Waals surface area contributed by atoms with Crippen LogP contribution < -0.4 is 15.8 Å². The topological polar surface area (TPSA) is 103 Å². The SMILES string of the molecule is NCc1ccc(-c2noc(COc3cccc(NC(=O)C4CC4)c3)n2)cc1. The van der Waals surface area contributed by atoms with Gasteiger partial charge in [-0.3, -0.25) is 4.79 Å². The molecule has 138 valence electrons. The quantitative estimate of drug-likeness (QED) is 0.668. The lowest BCUT2D eigenvalue weighted by atomic mass is 10.1. The second-order valence-electron chi connectivity index (χ2n) is 6.49. The van der Waals surface area contributed by atoms with Crippen LogP contribution in [-0.2, 0) is 17.9 Å². The minimum Gasteiger partial charge on any atom is -0.484 e. The molecular weight excluding hydrogens is 344 g/mol. The molecule has 27 heavy (non-hydrogen) atoms. The molecule has 0 saturated heterocycles. The summed E-state index contributed by atoms with van der Waals surface area (Å²) in [5.74, 6) is 1.72. The molecule has 1 heterocycles. The molecule has 4 rings (SSSR count). The van der Waals surface area contributed by atoms with E-state index in [1.54, 1.807) is 6.07 Å². The number of amides is 1. The van der Waals surface area contributed by atoms with Crippen molar-refractivity contribution in [3.63, 3.8) is 0 Å². The zero-order valence-corrected chi connectivity index (χ0v) is 14.7. The molecule has 1 fully saturated rings.